The molecule has 3 fully saturated rings. The van der Waals surface area contributed by atoms with Gasteiger partial charge in [-0.2, -0.15) is 0 Å². The van der Waals surface area contributed by atoms with Gasteiger partial charge in [-0.1, -0.05) is 31.3 Å². The molecule has 0 bridgehead atoms. The molecule has 1 spiro atoms. The Bertz CT molecular complexity index is 355. The van der Waals surface area contributed by atoms with Crippen molar-refractivity contribution in [1.29, 1.82) is 0 Å². The smallest absolute Gasteiger partial charge is 0.312 e. The third-order valence-corrected chi connectivity index (χ3v) is 5.33. The number of ether oxygens (including phenoxy) is 1. The second-order valence-corrected chi connectivity index (χ2v) is 6.71. The first kappa shape index (κ1) is 13.2. The number of allylic oxidation sites excluding steroid dienone is 1. The zero-order valence-electron chi connectivity index (χ0n) is 12.0. The van der Waals surface area contributed by atoms with E-state index in [1.54, 1.807) is 0 Å². The number of cyclic esters (lactones) is 1. The van der Waals surface area contributed by atoms with E-state index in [2.05, 4.69) is 6.08 Å². The molecular formula is C17H26O2. The molecule has 0 unspecified atom stereocenters. The SMILES string of the molecule is O=C1O[C@H](C=C2CCCCC2)CCC12CCCCC2. The van der Waals surface area contributed by atoms with Gasteiger partial charge in [0.1, 0.15) is 6.10 Å². The first-order valence-electron chi connectivity index (χ1n) is 8.19. The number of hydrogen-bond donors (Lipinski definition) is 0. The maximum Gasteiger partial charge on any atom is 0.312 e. The number of carbonyl (C=O) groups is 1. The molecular weight excluding hydrogens is 236 g/mol. The first-order chi connectivity index (χ1) is 9.28. The lowest BCUT2D eigenvalue weighted by molar-refractivity contribution is -0.169. The Labute approximate surface area is 116 Å². The lowest BCUT2D eigenvalue weighted by atomic mass is 9.69. The minimum Gasteiger partial charge on any atom is -0.458 e. The zero-order valence-corrected chi connectivity index (χ0v) is 12.0. The molecule has 106 valence electrons. The highest BCUT2D eigenvalue weighted by atomic mass is 16.5. The minimum absolute atomic E-state index is 0.0770. The van der Waals surface area contributed by atoms with Crippen LogP contribution in [-0.2, 0) is 9.53 Å². The first-order valence-corrected chi connectivity index (χ1v) is 8.19. The van der Waals surface area contributed by atoms with Gasteiger partial charge < -0.3 is 4.74 Å². The minimum atomic E-state index is -0.0974. The molecule has 2 aliphatic carbocycles. The van der Waals surface area contributed by atoms with Crippen molar-refractivity contribution in [3.8, 4) is 0 Å². The van der Waals surface area contributed by atoms with Gasteiger partial charge in [0.15, 0.2) is 0 Å². The second-order valence-electron chi connectivity index (χ2n) is 6.71. The summed E-state index contributed by atoms with van der Waals surface area (Å²) in [7, 11) is 0. The van der Waals surface area contributed by atoms with E-state index < -0.39 is 0 Å². The summed E-state index contributed by atoms with van der Waals surface area (Å²) in [4.78, 5) is 12.4. The lowest BCUT2D eigenvalue weighted by Gasteiger charge is -2.40. The van der Waals surface area contributed by atoms with E-state index >= 15 is 0 Å². The summed E-state index contributed by atoms with van der Waals surface area (Å²) in [6, 6.07) is 0. The summed E-state index contributed by atoms with van der Waals surface area (Å²) in [5.41, 5.74) is 1.43. The molecule has 19 heavy (non-hydrogen) atoms. The maximum absolute atomic E-state index is 12.4. The average molecular weight is 262 g/mol. The lowest BCUT2D eigenvalue weighted by Crippen LogP contribution is -2.42. The maximum atomic E-state index is 12.4. The molecule has 1 heterocycles. The van der Waals surface area contributed by atoms with E-state index in [9.17, 15) is 4.79 Å². The molecule has 3 aliphatic rings. The molecule has 1 aliphatic heterocycles. The van der Waals surface area contributed by atoms with Gasteiger partial charge >= 0.3 is 5.97 Å². The summed E-state index contributed by atoms with van der Waals surface area (Å²) in [6.07, 6.45) is 16.7. The van der Waals surface area contributed by atoms with E-state index in [4.69, 9.17) is 4.74 Å². The summed E-state index contributed by atoms with van der Waals surface area (Å²) in [6.45, 7) is 0. The highest BCUT2D eigenvalue weighted by Crippen LogP contribution is 2.45. The van der Waals surface area contributed by atoms with Crippen LogP contribution in [0.1, 0.15) is 77.0 Å². The molecule has 1 atom stereocenters. The largest absolute Gasteiger partial charge is 0.458 e. The fraction of sp³-hybridized carbons (Fsp3) is 0.824. The number of esters is 1. The van der Waals surface area contributed by atoms with Crippen LogP contribution in [0.25, 0.3) is 0 Å². The Morgan fingerprint density at radius 1 is 0.947 bits per heavy atom. The van der Waals surface area contributed by atoms with Gasteiger partial charge in [-0.3, -0.25) is 4.79 Å². The van der Waals surface area contributed by atoms with Crippen molar-refractivity contribution >= 4 is 5.97 Å². The Balaban J connectivity index is 1.61. The van der Waals surface area contributed by atoms with E-state index in [0.29, 0.717) is 0 Å². The van der Waals surface area contributed by atoms with Crippen LogP contribution < -0.4 is 0 Å². The third-order valence-electron chi connectivity index (χ3n) is 5.33. The van der Waals surface area contributed by atoms with Crippen molar-refractivity contribution in [3.63, 3.8) is 0 Å². The average Bonchev–Trinajstić information content (AvgIpc) is 2.46. The second kappa shape index (κ2) is 5.68. The van der Waals surface area contributed by atoms with Crippen LogP contribution in [0.3, 0.4) is 0 Å². The fourth-order valence-electron chi connectivity index (χ4n) is 4.08. The predicted octanol–water partition coefficient (Wildman–Crippen LogP) is 4.53. The highest BCUT2D eigenvalue weighted by molar-refractivity contribution is 5.78. The van der Waals surface area contributed by atoms with Crippen LogP contribution in [0.4, 0.5) is 0 Å². The van der Waals surface area contributed by atoms with Gasteiger partial charge in [-0.15, -0.1) is 0 Å². The molecule has 3 rings (SSSR count). The van der Waals surface area contributed by atoms with Crippen molar-refractivity contribution in [3.05, 3.63) is 11.6 Å². The van der Waals surface area contributed by atoms with Crippen molar-refractivity contribution in [2.45, 2.75) is 83.2 Å². The zero-order chi connectivity index (χ0) is 13.1. The fourth-order valence-corrected chi connectivity index (χ4v) is 4.08. The van der Waals surface area contributed by atoms with Crippen LogP contribution in [0.2, 0.25) is 0 Å². The normalized spacial score (nSPS) is 31.1. The van der Waals surface area contributed by atoms with Crippen molar-refractivity contribution in [2.75, 3.05) is 0 Å². The standard InChI is InChI=1S/C17H26O2/c18-16-17(10-5-2-6-11-17)12-9-15(19-16)13-14-7-3-1-4-8-14/h13,15H,1-12H2/t15-/m0/s1. The Hall–Kier alpha value is -0.790. The van der Waals surface area contributed by atoms with Gasteiger partial charge in [0.2, 0.25) is 0 Å². The van der Waals surface area contributed by atoms with Crippen molar-refractivity contribution < 1.29 is 9.53 Å². The van der Waals surface area contributed by atoms with Crippen molar-refractivity contribution in [1.82, 2.24) is 0 Å². The Morgan fingerprint density at radius 2 is 1.63 bits per heavy atom. The Kier molecular flexibility index (Phi) is 3.95. The number of carbonyl (C=O) groups excluding carboxylic acids is 1. The van der Waals surface area contributed by atoms with Gasteiger partial charge in [0.05, 0.1) is 5.41 Å². The molecule has 0 aromatic carbocycles. The van der Waals surface area contributed by atoms with E-state index in [1.807, 2.05) is 0 Å². The van der Waals surface area contributed by atoms with Crippen molar-refractivity contribution in [2.24, 2.45) is 5.41 Å². The highest BCUT2D eigenvalue weighted by Gasteiger charge is 2.44. The number of rotatable bonds is 1. The summed E-state index contributed by atoms with van der Waals surface area (Å²) in [5, 5.41) is 0. The van der Waals surface area contributed by atoms with Gasteiger partial charge in [-0.05, 0) is 57.4 Å². The van der Waals surface area contributed by atoms with E-state index in [-0.39, 0.29) is 17.5 Å². The van der Waals surface area contributed by atoms with Crippen LogP contribution in [-0.4, -0.2) is 12.1 Å². The predicted molar refractivity (Wildman–Crippen MR) is 75.8 cm³/mol. The molecule has 0 N–H and O–H groups in total. The van der Waals surface area contributed by atoms with Crippen LogP contribution in [0, 0.1) is 5.41 Å². The third kappa shape index (κ3) is 2.88. The molecule has 2 heteroatoms. The monoisotopic (exact) mass is 262 g/mol. The molecule has 0 aromatic heterocycles. The molecule has 2 saturated carbocycles. The topological polar surface area (TPSA) is 26.3 Å². The summed E-state index contributed by atoms with van der Waals surface area (Å²) in [5.74, 6) is 0.108. The van der Waals surface area contributed by atoms with E-state index in [0.717, 1.165) is 25.7 Å². The summed E-state index contributed by atoms with van der Waals surface area (Å²) < 4.78 is 5.77. The van der Waals surface area contributed by atoms with Crippen LogP contribution in [0.15, 0.2) is 11.6 Å². The molecule has 0 amide bonds. The molecule has 0 radical (unpaired) electrons. The van der Waals surface area contributed by atoms with Crippen LogP contribution in [0.5, 0.6) is 0 Å². The van der Waals surface area contributed by atoms with Gasteiger partial charge in [0, 0.05) is 0 Å². The quantitative estimate of drug-likeness (QED) is 0.512. The molecule has 2 nitrogen and oxygen atoms in total. The van der Waals surface area contributed by atoms with Crippen LogP contribution >= 0.6 is 0 Å². The Morgan fingerprint density at radius 3 is 2.32 bits per heavy atom. The van der Waals surface area contributed by atoms with E-state index in [1.165, 1.54) is 56.9 Å². The number of hydrogen-bond acceptors (Lipinski definition) is 2. The molecule has 1 saturated heterocycles. The van der Waals surface area contributed by atoms with Gasteiger partial charge in [0.25, 0.3) is 0 Å². The summed E-state index contributed by atoms with van der Waals surface area (Å²) >= 11 is 0. The molecule has 0 aromatic rings. The van der Waals surface area contributed by atoms with Gasteiger partial charge in [-0.25, -0.2) is 0 Å².